The average Bonchev–Trinajstić information content (AvgIpc) is 2.66. The molecule has 2 aromatic carbocycles. The van der Waals surface area contributed by atoms with Crippen molar-refractivity contribution in [3.63, 3.8) is 0 Å². The fourth-order valence-corrected chi connectivity index (χ4v) is 2.08. The summed E-state index contributed by atoms with van der Waals surface area (Å²) in [6.45, 7) is -3.00. The summed E-state index contributed by atoms with van der Waals surface area (Å²) in [7, 11) is 3.28. The normalized spacial score (nSPS) is 10.3. The molecule has 0 saturated carbocycles. The minimum absolute atomic E-state index is 0.00990. The number of alkyl halides is 2. The van der Waals surface area contributed by atoms with Crippen LogP contribution in [-0.4, -0.2) is 50.6 Å². The highest BCUT2D eigenvalue weighted by molar-refractivity contribution is 5.93. The van der Waals surface area contributed by atoms with Gasteiger partial charge >= 0.3 is 6.61 Å². The maximum absolute atomic E-state index is 12.1. The molecule has 28 heavy (non-hydrogen) atoms. The molecule has 0 unspecified atom stereocenters. The molecule has 2 amide bonds. The number of hydrogen-bond donors (Lipinski definition) is 2. The van der Waals surface area contributed by atoms with Crippen molar-refractivity contribution in [1.29, 1.82) is 0 Å². The molecule has 2 N–H and O–H groups in total. The van der Waals surface area contributed by atoms with Gasteiger partial charge in [-0.15, -0.1) is 0 Å². The molecule has 0 aromatic heterocycles. The van der Waals surface area contributed by atoms with Crippen LogP contribution in [-0.2, 0) is 9.59 Å². The summed E-state index contributed by atoms with van der Waals surface area (Å²) in [5.74, 6) is 0.0188. The molecule has 2 aromatic rings. The zero-order valence-electron chi connectivity index (χ0n) is 15.4. The first kappa shape index (κ1) is 20.9. The van der Waals surface area contributed by atoms with Gasteiger partial charge in [-0.2, -0.15) is 8.78 Å². The maximum Gasteiger partial charge on any atom is 0.387 e. The lowest BCUT2D eigenvalue weighted by Gasteiger charge is -2.12. The Balaban J connectivity index is 1.82. The molecule has 0 fully saturated rings. The van der Waals surface area contributed by atoms with Gasteiger partial charge in [-0.3, -0.25) is 9.59 Å². The van der Waals surface area contributed by atoms with Gasteiger partial charge in [-0.1, -0.05) is 6.07 Å². The molecular weight excluding hydrogens is 372 g/mol. The van der Waals surface area contributed by atoms with Gasteiger partial charge < -0.3 is 25.0 Å². The molecule has 150 valence electrons. The molecule has 0 radical (unpaired) electrons. The topological polar surface area (TPSA) is 79.9 Å². The van der Waals surface area contributed by atoms with Gasteiger partial charge in [0.1, 0.15) is 11.5 Å². The summed E-state index contributed by atoms with van der Waals surface area (Å²) < 4.78 is 33.9. The maximum atomic E-state index is 12.1. The minimum Gasteiger partial charge on any atom is -0.484 e. The SMILES string of the molecule is CN(C)C(=O)COc1cccc(NCC(=O)Nc2ccc(OC(F)F)cc2)c1. The van der Waals surface area contributed by atoms with Crippen LogP contribution in [0, 0.1) is 0 Å². The Hall–Kier alpha value is -3.36. The number of carbonyl (C=O) groups excluding carboxylic acids is 2. The van der Waals surface area contributed by atoms with E-state index in [1.807, 2.05) is 0 Å². The first-order valence-electron chi connectivity index (χ1n) is 8.35. The number of anilines is 2. The van der Waals surface area contributed by atoms with Crippen molar-refractivity contribution >= 4 is 23.2 Å². The number of benzene rings is 2. The number of nitrogens with one attached hydrogen (secondary N) is 2. The number of amides is 2. The van der Waals surface area contributed by atoms with E-state index >= 15 is 0 Å². The smallest absolute Gasteiger partial charge is 0.387 e. The monoisotopic (exact) mass is 393 g/mol. The molecule has 9 heteroatoms. The van der Waals surface area contributed by atoms with Crippen molar-refractivity contribution in [3.8, 4) is 11.5 Å². The van der Waals surface area contributed by atoms with Crippen molar-refractivity contribution < 1.29 is 27.8 Å². The van der Waals surface area contributed by atoms with Gasteiger partial charge in [-0.25, -0.2) is 0 Å². The van der Waals surface area contributed by atoms with Gasteiger partial charge in [0.2, 0.25) is 5.91 Å². The van der Waals surface area contributed by atoms with E-state index in [4.69, 9.17) is 4.74 Å². The number of carbonyl (C=O) groups is 2. The molecule has 0 bridgehead atoms. The molecule has 0 heterocycles. The van der Waals surface area contributed by atoms with E-state index in [0.29, 0.717) is 17.1 Å². The summed E-state index contributed by atoms with van der Waals surface area (Å²) in [6, 6.07) is 12.5. The van der Waals surface area contributed by atoms with Gasteiger partial charge in [0.25, 0.3) is 5.91 Å². The minimum atomic E-state index is -2.90. The summed E-state index contributed by atoms with van der Waals surface area (Å²) >= 11 is 0. The fourth-order valence-electron chi connectivity index (χ4n) is 2.08. The van der Waals surface area contributed by atoms with Crippen molar-refractivity contribution in [2.45, 2.75) is 6.61 Å². The van der Waals surface area contributed by atoms with E-state index in [0.717, 1.165) is 0 Å². The van der Waals surface area contributed by atoms with Gasteiger partial charge in [0.05, 0.1) is 6.54 Å². The Kier molecular flexibility index (Phi) is 7.55. The van der Waals surface area contributed by atoms with Crippen LogP contribution < -0.4 is 20.1 Å². The van der Waals surface area contributed by atoms with E-state index in [9.17, 15) is 18.4 Å². The first-order valence-corrected chi connectivity index (χ1v) is 8.35. The second-order valence-corrected chi connectivity index (χ2v) is 5.91. The predicted molar refractivity (Wildman–Crippen MR) is 101 cm³/mol. The largest absolute Gasteiger partial charge is 0.484 e. The van der Waals surface area contributed by atoms with E-state index < -0.39 is 6.61 Å². The number of likely N-dealkylation sites (N-methyl/N-ethyl adjacent to an activating group) is 1. The summed E-state index contributed by atoms with van der Waals surface area (Å²) in [5, 5.41) is 5.58. The van der Waals surface area contributed by atoms with E-state index in [1.165, 1.54) is 29.2 Å². The molecular formula is C19H21F2N3O4. The van der Waals surface area contributed by atoms with Crippen LogP contribution in [0.3, 0.4) is 0 Å². The standard InChI is InChI=1S/C19H21F2N3O4/c1-24(2)18(26)12-27-16-5-3-4-14(10-16)22-11-17(25)23-13-6-8-15(9-7-13)28-19(20)21/h3-10,19,22H,11-12H2,1-2H3,(H,23,25). The zero-order chi connectivity index (χ0) is 20.5. The first-order chi connectivity index (χ1) is 13.3. The van der Waals surface area contributed by atoms with Gasteiger partial charge in [0.15, 0.2) is 6.61 Å². The Labute approximate surface area is 161 Å². The molecule has 7 nitrogen and oxygen atoms in total. The van der Waals surface area contributed by atoms with Crippen molar-refractivity contribution in [2.75, 3.05) is 37.9 Å². The highest BCUT2D eigenvalue weighted by atomic mass is 19.3. The number of halogens is 2. The highest BCUT2D eigenvalue weighted by Gasteiger charge is 2.07. The third kappa shape index (κ3) is 7.10. The van der Waals surface area contributed by atoms with Crippen LogP contribution >= 0.6 is 0 Å². The van der Waals surface area contributed by atoms with Crippen LogP contribution in [0.1, 0.15) is 0 Å². The molecule has 0 atom stereocenters. The third-order valence-corrected chi connectivity index (χ3v) is 3.51. The molecule has 0 spiro atoms. The van der Waals surface area contributed by atoms with E-state index in [-0.39, 0.29) is 30.7 Å². The molecule has 0 aliphatic carbocycles. The average molecular weight is 393 g/mol. The van der Waals surface area contributed by atoms with E-state index in [2.05, 4.69) is 15.4 Å². The Bertz CT molecular complexity index is 798. The molecule has 0 aliphatic rings. The Morgan fingerprint density at radius 1 is 1.04 bits per heavy atom. The van der Waals surface area contributed by atoms with Crippen molar-refractivity contribution in [1.82, 2.24) is 4.90 Å². The lowest BCUT2D eigenvalue weighted by Crippen LogP contribution is -2.27. The van der Waals surface area contributed by atoms with Crippen LogP contribution in [0.15, 0.2) is 48.5 Å². The predicted octanol–water partition coefficient (Wildman–Crippen LogP) is 2.81. The lowest BCUT2D eigenvalue weighted by atomic mass is 10.3. The number of ether oxygens (including phenoxy) is 2. The van der Waals surface area contributed by atoms with Crippen LogP contribution in [0.2, 0.25) is 0 Å². The molecule has 0 aliphatic heterocycles. The summed E-state index contributed by atoms with van der Waals surface area (Å²) in [4.78, 5) is 25.0. The Morgan fingerprint density at radius 3 is 2.39 bits per heavy atom. The molecule has 0 saturated heterocycles. The van der Waals surface area contributed by atoms with Crippen molar-refractivity contribution in [3.05, 3.63) is 48.5 Å². The Morgan fingerprint density at radius 2 is 1.75 bits per heavy atom. The summed E-state index contributed by atoms with van der Waals surface area (Å²) in [5.41, 5.74) is 1.10. The van der Waals surface area contributed by atoms with Gasteiger partial charge in [0, 0.05) is 31.5 Å². The second-order valence-electron chi connectivity index (χ2n) is 5.91. The van der Waals surface area contributed by atoms with Crippen molar-refractivity contribution in [2.24, 2.45) is 0 Å². The number of nitrogens with zero attached hydrogens (tertiary/aromatic N) is 1. The second kappa shape index (κ2) is 10.1. The third-order valence-electron chi connectivity index (χ3n) is 3.51. The quantitative estimate of drug-likeness (QED) is 0.685. The number of hydrogen-bond acceptors (Lipinski definition) is 5. The zero-order valence-corrected chi connectivity index (χ0v) is 15.4. The summed E-state index contributed by atoms with van der Waals surface area (Å²) in [6.07, 6.45) is 0. The molecule has 2 rings (SSSR count). The fraction of sp³-hybridized carbons (Fsp3) is 0.263. The van der Waals surface area contributed by atoms with Gasteiger partial charge in [-0.05, 0) is 36.4 Å². The number of rotatable bonds is 9. The van der Waals surface area contributed by atoms with Crippen LogP contribution in [0.5, 0.6) is 11.5 Å². The van der Waals surface area contributed by atoms with E-state index in [1.54, 1.807) is 38.4 Å². The van der Waals surface area contributed by atoms with Crippen LogP contribution in [0.25, 0.3) is 0 Å². The van der Waals surface area contributed by atoms with Crippen LogP contribution in [0.4, 0.5) is 20.2 Å². The highest BCUT2D eigenvalue weighted by Crippen LogP contribution is 2.19. The lowest BCUT2D eigenvalue weighted by molar-refractivity contribution is -0.130.